The summed E-state index contributed by atoms with van der Waals surface area (Å²) in [5.41, 5.74) is 29.7. The largest absolute Gasteiger partial charge is 0.311 e. The van der Waals surface area contributed by atoms with Crippen molar-refractivity contribution in [3.63, 3.8) is 0 Å². The van der Waals surface area contributed by atoms with Gasteiger partial charge in [0.1, 0.15) is 0 Å². The maximum Gasteiger partial charge on any atom is 0.252 e. The summed E-state index contributed by atoms with van der Waals surface area (Å²) in [6, 6.07) is 66.0. The van der Waals surface area contributed by atoms with Crippen molar-refractivity contribution in [3.8, 4) is 5.69 Å². The van der Waals surface area contributed by atoms with E-state index >= 15 is 0 Å². The van der Waals surface area contributed by atoms with Gasteiger partial charge < -0.3 is 19.3 Å². The minimum absolute atomic E-state index is 0.00633. The fraction of sp³-hybridized carbons (Fsp3) is 0.308. The Hall–Kier alpha value is -7.76. The topological polar surface area (TPSA) is 14.7 Å². The Labute approximate surface area is 496 Å². The highest BCUT2D eigenvalue weighted by atomic mass is 15.2. The highest BCUT2D eigenvalue weighted by molar-refractivity contribution is 7.00. The lowest BCUT2D eigenvalue weighted by atomic mass is 9.33. The zero-order valence-electron chi connectivity index (χ0n) is 53.0. The van der Waals surface area contributed by atoms with Crippen molar-refractivity contribution in [1.82, 2.24) is 4.57 Å². The van der Waals surface area contributed by atoms with Crippen LogP contribution in [0.25, 0.3) is 27.5 Å². The second-order valence-corrected chi connectivity index (χ2v) is 29.5. The first kappa shape index (κ1) is 55.8. The number of rotatable bonds is 6. The predicted octanol–water partition coefficient (Wildman–Crippen LogP) is 20.1. The average molecular weight is 1090 g/mol. The first-order valence-corrected chi connectivity index (χ1v) is 30.3. The Bertz CT molecular complexity index is 4170. The number of nitrogens with zero attached hydrogens (tertiary/aromatic N) is 4. The number of hydrogen-bond donors (Lipinski definition) is 0. The van der Waals surface area contributed by atoms with Crippen molar-refractivity contribution in [1.29, 1.82) is 0 Å². The lowest BCUT2D eigenvalue weighted by Gasteiger charge is -2.47. The van der Waals surface area contributed by atoms with Crippen LogP contribution in [0.4, 0.5) is 51.2 Å². The molecule has 12 rings (SSSR count). The fourth-order valence-electron chi connectivity index (χ4n) is 13.5. The third kappa shape index (κ3) is 9.47. The monoisotopic (exact) mass is 1090 g/mol. The van der Waals surface area contributed by atoms with E-state index in [9.17, 15) is 0 Å². The van der Waals surface area contributed by atoms with Gasteiger partial charge in [0.2, 0.25) is 0 Å². The summed E-state index contributed by atoms with van der Waals surface area (Å²) in [6.45, 7) is 44.5. The van der Waals surface area contributed by atoms with E-state index < -0.39 is 0 Å². The summed E-state index contributed by atoms with van der Waals surface area (Å²) in [5, 5.41) is 2.47. The normalized spacial score (nSPS) is 13.7. The summed E-state index contributed by atoms with van der Waals surface area (Å²) in [4.78, 5) is 7.86. The van der Waals surface area contributed by atoms with E-state index in [1.807, 2.05) is 0 Å². The molecule has 83 heavy (non-hydrogen) atoms. The summed E-state index contributed by atoms with van der Waals surface area (Å²) in [7, 11) is 0. The van der Waals surface area contributed by atoms with Crippen LogP contribution in [0, 0.1) is 27.7 Å². The van der Waals surface area contributed by atoms with Crippen molar-refractivity contribution < 1.29 is 0 Å². The molecule has 9 aromatic carbocycles. The summed E-state index contributed by atoms with van der Waals surface area (Å²) in [5.74, 6) is 0. The Kier molecular flexibility index (Phi) is 13.0. The second kappa shape index (κ2) is 19.4. The van der Waals surface area contributed by atoms with Crippen LogP contribution in [-0.2, 0) is 27.1 Å². The zero-order valence-corrected chi connectivity index (χ0v) is 53.0. The van der Waals surface area contributed by atoms with Crippen LogP contribution in [0.1, 0.15) is 154 Å². The molecule has 5 heteroatoms. The molecule has 2 aliphatic heterocycles. The number of benzene rings is 9. The highest BCUT2D eigenvalue weighted by Crippen LogP contribution is 2.51. The standard InChI is InChI=1S/C78H85BN4/c1-48-39-54(76(11,12)13)40-49(2)72(48)82-66-38-31-53(75(8,9)10)43-64(66)79-63-37-35-60(47-68(63)83(70-45-56(78(17,18)19)44-69(82)71(70)79)73-50(3)41-55(42-51(73)4)77(14,15)16)80(58-32-29-52(30-33-58)74(5,6)7)59-34-36-62-61-27-23-24-28-65(61)81(67(62)46-59)57-25-21-20-22-26-57/h20-47H,1-19H3. The van der Waals surface area contributed by atoms with Gasteiger partial charge in [-0.25, -0.2) is 0 Å². The number of aryl methyl sites for hydroxylation is 4. The molecule has 2 aliphatic rings. The summed E-state index contributed by atoms with van der Waals surface area (Å²) in [6.07, 6.45) is 0. The van der Waals surface area contributed by atoms with Gasteiger partial charge in [0.15, 0.2) is 0 Å². The molecule has 0 saturated heterocycles. The van der Waals surface area contributed by atoms with Crippen molar-refractivity contribution in [2.75, 3.05) is 14.7 Å². The van der Waals surface area contributed by atoms with E-state index in [1.165, 1.54) is 122 Å². The van der Waals surface area contributed by atoms with Gasteiger partial charge in [-0.1, -0.05) is 201 Å². The average Bonchev–Trinajstić information content (AvgIpc) is 1.56. The van der Waals surface area contributed by atoms with Crippen LogP contribution in [0.15, 0.2) is 170 Å². The van der Waals surface area contributed by atoms with Gasteiger partial charge in [0, 0.05) is 56.3 Å². The van der Waals surface area contributed by atoms with Gasteiger partial charge in [0.25, 0.3) is 6.71 Å². The van der Waals surface area contributed by atoms with E-state index in [2.05, 4.69) is 321 Å². The molecule has 420 valence electrons. The van der Waals surface area contributed by atoms with E-state index in [0.29, 0.717) is 0 Å². The molecule has 0 radical (unpaired) electrons. The molecule has 0 amide bonds. The third-order valence-corrected chi connectivity index (χ3v) is 18.1. The van der Waals surface area contributed by atoms with Crippen molar-refractivity contribution >= 4 is 96.1 Å². The lowest BCUT2D eigenvalue weighted by molar-refractivity contribution is 0.589. The third-order valence-electron chi connectivity index (χ3n) is 18.1. The van der Waals surface area contributed by atoms with Gasteiger partial charge in [-0.15, -0.1) is 0 Å². The summed E-state index contributed by atoms with van der Waals surface area (Å²) < 4.78 is 2.44. The maximum atomic E-state index is 2.69. The van der Waals surface area contributed by atoms with Gasteiger partial charge in [-0.2, -0.15) is 0 Å². The first-order valence-electron chi connectivity index (χ1n) is 30.3. The zero-order chi connectivity index (χ0) is 59.2. The molecule has 0 bridgehead atoms. The highest BCUT2D eigenvalue weighted by Gasteiger charge is 2.46. The molecule has 0 aliphatic carbocycles. The molecule has 4 nitrogen and oxygen atoms in total. The Morgan fingerprint density at radius 1 is 0.325 bits per heavy atom. The van der Waals surface area contributed by atoms with Crippen LogP contribution < -0.4 is 31.1 Å². The first-order chi connectivity index (χ1) is 39.0. The second-order valence-electron chi connectivity index (χ2n) is 29.5. The van der Waals surface area contributed by atoms with Gasteiger partial charge >= 0.3 is 0 Å². The minimum Gasteiger partial charge on any atom is -0.311 e. The van der Waals surface area contributed by atoms with Gasteiger partial charge in [-0.3, -0.25) is 0 Å². The molecule has 10 aromatic rings. The number of para-hydroxylation sites is 2. The molecular weight excluding hydrogens is 1000 g/mol. The molecule has 1 aromatic heterocycles. The minimum atomic E-state index is -0.173. The van der Waals surface area contributed by atoms with E-state index in [0.717, 1.165) is 22.7 Å². The molecule has 0 saturated carbocycles. The van der Waals surface area contributed by atoms with Crippen LogP contribution in [0.3, 0.4) is 0 Å². The van der Waals surface area contributed by atoms with Crippen LogP contribution in [0.5, 0.6) is 0 Å². The number of anilines is 9. The predicted molar refractivity (Wildman–Crippen MR) is 362 cm³/mol. The quantitative estimate of drug-likeness (QED) is 0.154. The molecule has 0 N–H and O–H groups in total. The fourth-order valence-corrected chi connectivity index (χ4v) is 13.5. The van der Waals surface area contributed by atoms with Crippen LogP contribution >= 0.6 is 0 Å². The lowest BCUT2D eigenvalue weighted by Crippen LogP contribution is -2.61. The smallest absolute Gasteiger partial charge is 0.252 e. The molecule has 0 atom stereocenters. The van der Waals surface area contributed by atoms with Crippen molar-refractivity contribution in [3.05, 3.63) is 220 Å². The Morgan fingerprint density at radius 3 is 1.31 bits per heavy atom. The van der Waals surface area contributed by atoms with Crippen LogP contribution in [0.2, 0.25) is 0 Å². The molecular formula is C78H85BN4. The molecule has 3 heterocycles. The molecule has 0 unspecified atom stereocenters. The number of fused-ring (bicyclic) bond motifs is 7. The van der Waals surface area contributed by atoms with Gasteiger partial charge in [-0.05, 0) is 194 Å². The van der Waals surface area contributed by atoms with E-state index in [1.54, 1.807) is 0 Å². The molecule has 0 spiro atoms. The summed E-state index contributed by atoms with van der Waals surface area (Å²) >= 11 is 0. The number of aromatic nitrogens is 1. The SMILES string of the molecule is Cc1cc(C(C)(C)C)cc(C)c1N1c2ccc(C(C)(C)C)cc2B2c3ccc(N(c4ccc(C(C)(C)C)cc4)c4ccc5c6ccccc6n(-c6ccccc6)c5c4)cc3N(c3c(C)cc(C(C)(C)C)cc3C)c3cc(C(C)(C)C)cc1c32. The van der Waals surface area contributed by atoms with Crippen molar-refractivity contribution in [2.45, 2.75) is 159 Å². The van der Waals surface area contributed by atoms with Crippen LogP contribution in [-0.4, -0.2) is 11.3 Å². The van der Waals surface area contributed by atoms with Gasteiger partial charge in [0.05, 0.1) is 22.4 Å². The van der Waals surface area contributed by atoms with E-state index in [-0.39, 0.29) is 33.8 Å². The maximum absolute atomic E-state index is 2.69. The molecule has 0 fully saturated rings. The van der Waals surface area contributed by atoms with E-state index in [4.69, 9.17) is 0 Å². The number of hydrogen-bond acceptors (Lipinski definition) is 3. The Morgan fingerprint density at radius 2 is 0.771 bits per heavy atom. The Balaban J connectivity index is 1.19. The van der Waals surface area contributed by atoms with Crippen molar-refractivity contribution in [2.24, 2.45) is 0 Å².